The van der Waals surface area contributed by atoms with Crippen molar-refractivity contribution in [2.45, 2.75) is 16.8 Å². The molecule has 100 valence electrons. The normalized spacial score (nSPS) is 10.4. The Hall–Kier alpha value is -1.93. The van der Waals surface area contributed by atoms with Gasteiger partial charge in [-0.2, -0.15) is 0 Å². The molecule has 0 saturated heterocycles. The zero-order valence-electron chi connectivity index (χ0n) is 10.5. The molecule has 8 heteroatoms. The first kappa shape index (κ1) is 13.5. The van der Waals surface area contributed by atoms with Gasteiger partial charge in [0.2, 0.25) is 0 Å². The maximum absolute atomic E-state index is 11.2. The summed E-state index contributed by atoms with van der Waals surface area (Å²) >= 11 is 1.26. The van der Waals surface area contributed by atoms with Crippen LogP contribution in [0, 0.1) is 0 Å². The highest BCUT2D eigenvalue weighted by Crippen LogP contribution is 2.23. The van der Waals surface area contributed by atoms with Gasteiger partial charge in [-0.05, 0) is 11.8 Å². The van der Waals surface area contributed by atoms with E-state index in [0.717, 1.165) is 0 Å². The van der Waals surface area contributed by atoms with Gasteiger partial charge in [0.25, 0.3) is 5.56 Å². The Morgan fingerprint density at radius 1 is 1.47 bits per heavy atom. The van der Waals surface area contributed by atoms with Crippen molar-refractivity contribution >= 4 is 17.6 Å². The molecule has 2 aromatic rings. The number of aromatic amines is 1. The Kier molecular flexibility index (Phi) is 4.48. The van der Waals surface area contributed by atoms with Gasteiger partial charge in [0.1, 0.15) is 17.5 Å². The van der Waals surface area contributed by atoms with E-state index in [1.54, 1.807) is 20.2 Å². The Labute approximate surface area is 113 Å². The van der Waals surface area contributed by atoms with Gasteiger partial charge in [-0.25, -0.2) is 15.0 Å². The average molecular weight is 279 g/mol. The predicted molar refractivity (Wildman–Crippen MR) is 71.3 cm³/mol. The molecule has 19 heavy (non-hydrogen) atoms. The summed E-state index contributed by atoms with van der Waals surface area (Å²) in [6.45, 7) is 0.321. The van der Waals surface area contributed by atoms with Crippen molar-refractivity contribution in [2.24, 2.45) is 0 Å². The number of hydrogen-bond donors (Lipinski definition) is 2. The molecule has 0 spiro atoms. The highest BCUT2D eigenvalue weighted by Gasteiger charge is 2.07. The smallest absolute Gasteiger partial charge is 0.251 e. The Bertz CT molecular complexity index is 616. The van der Waals surface area contributed by atoms with E-state index in [9.17, 15) is 4.79 Å². The van der Waals surface area contributed by atoms with Crippen LogP contribution < -0.4 is 10.9 Å². The fourth-order valence-corrected chi connectivity index (χ4v) is 2.13. The van der Waals surface area contributed by atoms with Crippen LogP contribution in [0.4, 0.5) is 5.82 Å². The standard InChI is InChI=1S/C11H13N5O2S/c1-12-7-5-10(15-8(14-7)6-18-2)19-11-13-4-3-9(17)16-11/h3-5H,6H2,1-2H3,(H,12,14,15)(H,13,16,17). The van der Waals surface area contributed by atoms with Gasteiger partial charge in [-0.3, -0.25) is 4.79 Å². The molecule has 2 rings (SSSR count). The largest absolute Gasteiger partial charge is 0.377 e. The van der Waals surface area contributed by atoms with Crippen molar-refractivity contribution < 1.29 is 4.74 Å². The lowest BCUT2D eigenvalue weighted by Gasteiger charge is -2.06. The van der Waals surface area contributed by atoms with E-state index < -0.39 is 0 Å². The summed E-state index contributed by atoms with van der Waals surface area (Å²) in [4.78, 5) is 26.5. The molecule has 7 nitrogen and oxygen atoms in total. The minimum Gasteiger partial charge on any atom is -0.377 e. The molecule has 0 aromatic carbocycles. The van der Waals surface area contributed by atoms with Crippen molar-refractivity contribution in [1.29, 1.82) is 0 Å². The van der Waals surface area contributed by atoms with Crippen molar-refractivity contribution in [3.63, 3.8) is 0 Å². The molecule has 0 fully saturated rings. The van der Waals surface area contributed by atoms with Gasteiger partial charge in [0, 0.05) is 32.5 Å². The monoisotopic (exact) mass is 279 g/mol. The molecule has 2 N–H and O–H groups in total. The summed E-state index contributed by atoms with van der Waals surface area (Å²) in [5, 5.41) is 4.12. The van der Waals surface area contributed by atoms with Crippen LogP contribution in [-0.2, 0) is 11.3 Å². The molecular weight excluding hydrogens is 266 g/mol. The highest BCUT2D eigenvalue weighted by molar-refractivity contribution is 7.99. The van der Waals surface area contributed by atoms with Crippen LogP contribution in [0.3, 0.4) is 0 Å². The highest BCUT2D eigenvalue weighted by atomic mass is 32.2. The van der Waals surface area contributed by atoms with E-state index >= 15 is 0 Å². The number of hydrogen-bond acceptors (Lipinski definition) is 7. The second-order valence-electron chi connectivity index (χ2n) is 3.53. The maximum Gasteiger partial charge on any atom is 0.251 e. The maximum atomic E-state index is 11.2. The van der Waals surface area contributed by atoms with E-state index in [0.29, 0.717) is 28.4 Å². The third kappa shape index (κ3) is 3.76. The van der Waals surface area contributed by atoms with E-state index in [4.69, 9.17) is 4.74 Å². The summed E-state index contributed by atoms with van der Waals surface area (Å²) in [7, 11) is 3.36. The molecule has 0 aliphatic heterocycles. The molecular formula is C11H13N5O2S. The second kappa shape index (κ2) is 6.30. The molecule has 2 aromatic heterocycles. The van der Waals surface area contributed by atoms with E-state index in [2.05, 4.69) is 25.3 Å². The third-order valence-corrected chi connectivity index (χ3v) is 2.95. The summed E-state index contributed by atoms with van der Waals surface area (Å²) in [6, 6.07) is 3.14. The third-order valence-electron chi connectivity index (χ3n) is 2.13. The molecule has 0 aliphatic rings. The number of rotatable bonds is 5. The first-order valence-corrected chi connectivity index (χ1v) is 6.30. The lowest BCUT2D eigenvalue weighted by molar-refractivity contribution is 0.177. The van der Waals surface area contributed by atoms with Crippen LogP contribution in [-0.4, -0.2) is 34.1 Å². The Morgan fingerprint density at radius 3 is 3.00 bits per heavy atom. The topological polar surface area (TPSA) is 92.8 Å². The average Bonchev–Trinajstić information content (AvgIpc) is 2.39. The molecule has 0 bridgehead atoms. The first-order valence-electron chi connectivity index (χ1n) is 5.49. The predicted octanol–water partition coefficient (Wildman–Crippen LogP) is 0.899. The summed E-state index contributed by atoms with van der Waals surface area (Å²) in [6.07, 6.45) is 1.46. The van der Waals surface area contributed by atoms with Crippen LogP contribution in [0.5, 0.6) is 0 Å². The number of methoxy groups -OCH3 is 1. The van der Waals surface area contributed by atoms with Crippen LogP contribution >= 0.6 is 11.8 Å². The lowest BCUT2D eigenvalue weighted by Crippen LogP contribution is -2.06. The van der Waals surface area contributed by atoms with Crippen LogP contribution in [0.15, 0.2) is 33.3 Å². The van der Waals surface area contributed by atoms with Gasteiger partial charge in [0.05, 0.1) is 0 Å². The van der Waals surface area contributed by atoms with E-state index in [-0.39, 0.29) is 5.56 Å². The molecule has 0 aliphatic carbocycles. The molecule has 0 atom stereocenters. The zero-order chi connectivity index (χ0) is 13.7. The number of nitrogens with zero attached hydrogens (tertiary/aromatic N) is 3. The van der Waals surface area contributed by atoms with Gasteiger partial charge in [0.15, 0.2) is 11.0 Å². The lowest BCUT2D eigenvalue weighted by atomic mass is 10.5. The molecule has 0 radical (unpaired) electrons. The number of nitrogens with one attached hydrogen (secondary N) is 2. The van der Waals surface area contributed by atoms with Gasteiger partial charge >= 0.3 is 0 Å². The molecule has 0 saturated carbocycles. The number of H-pyrrole nitrogens is 1. The quantitative estimate of drug-likeness (QED) is 0.620. The summed E-state index contributed by atoms with van der Waals surface area (Å²) < 4.78 is 5.02. The number of aromatic nitrogens is 4. The van der Waals surface area contributed by atoms with Crippen molar-refractivity contribution in [1.82, 2.24) is 19.9 Å². The summed E-state index contributed by atoms with van der Waals surface area (Å²) in [5.41, 5.74) is -0.197. The van der Waals surface area contributed by atoms with Crippen LogP contribution in [0.25, 0.3) is 0 Å². The Morgan fingerprint density at radius 2 is 2.32 bits per heavy atom. The Balaban J connectivity index is 2.28. The van der Waals surface area contributed by atoms with Crippen LogP contribution in [0.1, 0.15) is 5.82 Å². The van der Waals surface area contributed by atoms with Crippen molar-refractivity contribution in [3.05, 3.63) is 34.5 Å². The first-order chi connectivity index (χ1) is 9.21. The number of ether oxygens (including phenoxy) is 1. The fraction of sp³-hybridized carbons (Fsp3) is 0.273. The fourth-order valence-electron chi connectivity index (χ4n) is 1.35. The SMILES string of the molecule is CNc1cc(Sc2nccc(=O)[nH]2)nc(COC)n1. The van der Waals surface area contributed by atoms with E-state index in [1.165, 1.54) is 24.0 Å². The molecule has 2 heterocycles. The van der Waals surface area contributed by atoms with Gasteiger partial charge < -0.3 is 15.0 Å². The van der Waals surface area contributed by atoms with Crippen LogP contribution in [0.2, 0.25) is 0 Å². The number of anilines is 1. The van der Waals surface area contributed by atoms with Crippen molar-refractivity contribution in [2.75, 3.05) is 19.5 Å². The molecule has 0 amide bonds. The van der Waals surface area contributed by atoms with E-state index in [1.807, 2.05) is 0 Å². The second-order valence-corrected chi connectivity index (χ2v) is 4.54. The minimum atomic E-state index is -0.197. The van der Waals surface area contributed by atoms with Crippen molar-refractivity contribution in [3.8, 4) is 0 Å². The van der Waals surface area contributed by atoms with Gasteiger partial charge in [-0.1, -0.05) is 0 Å². The minimum absolute atomic E-state index is 0.197. The summed E-state index contributed by atoms with van der Waals surface area (Å²) in [5.74, 6) is 1.25. The zero-order valence-corrected chi connectivity index (χ0v) is 11.3. The molecule has 0 unspecified atom stereocenters. The van der Waals surface area contributed by atoms with Gasteiger partial charge in [-0.15, -0.1) is 0 Å².